The molecule has 0 aliphatic carbocycles. The number of carbonyl (C=O) groups is 1. The van der Waals surface area contributed by atoms with Crippen molar-refractivity contribution in [3.63, 3.8) is 0 Å². The van der Waals surface area contributed by atoms with E-state index in [0.29, 0.717) is 5.75 Å². The molecule has 1 fully saturated rings. The lowest BCUT2D eigenvalue weighted by molar-refractivity contribution is -0.118. The van der Waals surface area contributed by atoms with Gasteiger partial charge in [-0.15, -0.1) is 11.8 Å². The third-order valence-electron chi connectivity index (χ3n) is 2.18. The van der Waals surface area contributed by atoms with Crippen molar-refractivity contribution in [2.75, 3.05) is 18.1 Å². The molecule has 1 aliphatic rings. The molecule has 2 N–H and O–H groups in total. The Balaban J connectivity index is 2.13. The highest BCUT2D eigenvalue weighted by atomic mass is 32.2. The van der Waals surface area contributed by atoms with E-state index in [1.54, 1.807) is 11.8 Å². The summed E-state index contributed by atoms with van der Waals surface area (Å²) in [6.07, 6.45) is 0. The van der Waals surface area contributed by atoms with Gasteiger partial charge in [0.1, 0.15) is 5.37 Å². The van der Waals surface area contributed by atoms with Gasteiger partial charge in [0.2, 0.25) is 5.91 Å². The molecule has 0 aromatic heterocycles. The monoisotopic (exact) mass is 208 g/mol. The second-order valence-corrected chi connectivity index (χ2v) is 4.22. The lowest BCUT2D eigenvalue weighted by Gasteiger charge is -2.09. The van der Waals surface area contributed by atoms with Gasteiger partial charge in [0.05, 0.1) is 5.75 Å². The van der Waals surface area contributed by atoms with Gasteiger partial charge in [0.15, 0.2) is 0 Å². The molecule has 1 amide bonds. The smallest absolute Gasteiger partial charge is 0.231 e. The van der Waals surface area contributed by atoms with Crippen LogP contribution < -0.4 is 10.6 Å². The molecule has 1 aliphatic heterocycles. The summed E-state index contributed by atoms with van der Waals surface area (Å²) in [5, 5.41) is 6.10. The summed E-state index contributed by atoms with van der Waals surface area (Å²) in [5.74, 6) is 0.691. The minimum atomic E-state index is 0.123. The SMILES string of the molecule is CNc1ccc(C2NC(=O)CS2)cc1. The topological polar surface area (TPSA) is 41.1 Å². The minimum absolute atomic E-state index is 0.123. The van der Waals surface area contributed by atoms with E-state index in [0.717, 1.165) is 11.3 Å². The fourth-order valence-electron chi connectivity index (χ4n) is 1.39. The van der Waals surface area contributed by atoms with Crippen molar-refractivity contribution in [2.45, 2.75) is 5.37 Å². The number of hydrogen-bond acceptors (Lipinski definition) is 3. The first-order valence-corrected chi connectivity index (χ1v) is 5.53. The number of anilines is 1. The van der Waals surface area contributed by atoms with Crippen LogP contribution >= 0.6 is 11.8 Å². The van der Waals surface area contributed by atoms with Crippen molar-refractivity contribution >= 4 is 23.4 Å². The molecule has 0 spiro atoms. The lowest BCUT2D eigenvalue weighted by Crippen LogP contribution is -2.18. The van der Waals surface area contributed by atoms with Crippen LogP contribution in [-0.4, -0.2) is 18.7 Å². The van der Waals surface area contributed by atoms with Gasteiger partial charge >= 0.3 is 0 Å². The van der Waals surface area contributed by atoms with Crippen molar-refractivity contribution in [1.82, 2.24) is 5.32 Å². The number of nitrogens with one attached hydrogen (secondary N) is 2. The maximum absolute atomic E-state index is 11.0. The van der Waals surface area contributed by atoms with Gasteiger partial charge in [0.25, 0.3) is 0 Å². The zero-order chi connectivity index (χ0) is 9.97. The molecule has 1 atom stereocenters. The van der Waals surface area contributed by atoms with Crippen molar-refractivity contribution in [2.24, 2.45) is 0 Å². The van der Waals surface area contributed by atoms with E-state index in [1.165, 1.54) is 0 Å². The van der Waals surface area contributed by atoms with Gasteiger partial charge in [0, 0.05) is 12.7 Å². The van der Waals surface area contributed by atoms with E-state index in [9.17, 15) is 4.79 Å². The summed E-state index contributed by atoms with van der Waals surface area (Å²) in [6, 6.07) is 8.10. The molecular weight excluding hydrogens is 196 g/mol. The van der Waals surface area contributed by atoms with Gasteiger partial charge < -0.3 is 10.6 Å². The highest BCUT2D eigenvalue weighted by Gasteiger charge is 2.22. The summed E-state index contributed by atoms with van der Waals surface area (Å²) in [5.41, 5.74) is 2.24. The van der Waals surface area contributed by atoms with Crippen molar-refractivity contribution in [3.8, 4) is 0 Å². The Kier molecular flexibility index (Phi) is 2.63. The number of thioether (sulfide) groups is 1. The average molecular weight is 208 g/mol. The Hall–Kier alpha value is -1.16. The normalized spacial score (nSPS) is 20.6. The Morgan fingerprint density at radius 2 is 2.14 bits per heavy atom. The minimum Gasteiger partial charge on any atom is -0.388 e. The molecule has 74 valence electrons. The Morgan fingerprint density at radius 1 is 1.43 bits per heavy atom. The zero-order valence-corrected chi connectivity index (χ0v) is 8.73. The molecule has 4 heteroatoms. The van der Waals surface area contributed by atoms with Crippen LogP contribution in [0.15, 0.2) is 24.3 Å². The summed E-state index contributed by atoms with van der Waals surface area (Å²) in [6.45, 7) is 0. The van der Waals surface area contributed by atoms with Crippen LogP contribution in [0.25, 0.3) is 0 Å². The third-order valence-corrected chi connectivity index (χ3v) is 3.33. The van der Waals surface area contributed by atoms with Gasteiger partial charge in [-0.05, 0) is 17.7 Å². The molecule has 1 unspecified atom stereocenters. The Labute approximate surface area is 87.3 Å². The molecule has 0 saturated carbocycles. The molecule has 14 heavy (non-hydrogen) atoms. The Morgan fingerprint density at radius 3 is 2.64 bits per heavy atom. The number of benzene rings is 1. The van der Waals surface area contributed by atoms with E-state index >= 15 is 0 Å². The van der Waals surface area contributed by atoms with Gasteiger partial charge in [-0.1, -0.05) is 12.1 Å². The van der Waals surface area contributed by atoms with E-state index in [4.69, 9.17) is 0 Å². The fourth-order valence-corrected chi connectivity index (χ4v) is 2.36. The quantitative estimate of drug-likeness (QED) is 0.775. The number of carbonyl (C=O) groups excluding carboxylic acids is 1. The van der Waals surface area contributed by atoms with Crippen LogP contribution in [-0.2, 0) is 4.79 Å². The van der Waals surface area contributed by atoms with Gasteiger partial charge in [-0.2, -0.15) is 0 Å². The second kappa shape index (κ2) is 3.92. The summed E-state index contributed by atoms with van der Waals surface area (Å²) >= 11 is 1.64. The van der Waals surface area contributed by atoms with E-state index < -0.39 is 0 Å². The third kappa shape index (κ3) is 1.85. The molecule has 3 nitrogen and oxygen atoms in total. The average Bonchev–Trinajstić information content (AvgIpc) is 2.65. The number of amides is 1. The predicted molar refractivity (Wildman–Crippen MR) is 59.3 cm³/mol. The molecule has 1 saturated heterocycles. The van der Waals surface area contributed by atoms with Crippen molar-refractivity contribution in [1.29, 1.82) is 0 Å². The molecular formula is C10H12N2OS. The number of rotatable bonds is 2. The molecule has 0 radical (unpaired) electrons. The second-order valence-electron chi connectivity index (χ2n) is 3.13. The van der Waals surface area contributed by atoms with Crippen LogP contribution in [0.2, 0.25) is 0 Å². The maximum atomic E-state index is 11.0. The first kappa shape index (κ1) is 9.40. The Bertz CT molecular complexity index is 336. The lowest BCUT2D eigenvalue weighted by atomic mass is 10.2. The van der Waals surface area contributed by atoms with Crippen molar-refractivity contribution < 1.29 is 4.79 Å². The van der Waals surface area contributed by atoms with E-state index in [1.807, 2.05) is 31.3 Å². The molecule has 2 rings (SSSR count). The molecule has 1 heterocycles. The fraction of sp³-hybridized carbons (Fsp3) is 0.300. The highest BCUT2D eigenvalue weighted by Crippen LogP contribution is 2.30. The molecule has 0 bridgehead atoms. The van der Waals surface area contributed by atoms with Gasteiger partial charge in [-0.25, -0.2) is 0 Å². The van der Waals surface area contributed by atoms with Crippen LogP contribution in [0.4, 0.5) is 5.69 Å². The van der Waals surface area contributed by atoms with Crippen LogP contribution in [0.5, 0.6) is 0 Å². The van der Waals surface area contributed by atoms with Crippen LogP contribution in [0, 0.1) is 0 Å². The summed E-state index contributed by atoms with van der Waals surface area (Å²) in [7, 11) is 1.89. The van der Waals surface area contributed by atoms with Gasteiger partial charge in [-0.3, -0.25) is 4.79 Å². The van der Waals surface area contributed by atoms with E-state index in [-0.39, 0.29) is 11.3 Å². The highest BCUT2D eigenvalue weighted by molar-refractivity contribution is 8.00. The van der Waals surface area contributed by atoms with E-state index in [2.05, 4.69) is 10.6 Å². The zero-order valence-electron chi connectivity index (χ0n) is 7.91. The largest absolute Gasteiger partial charge is 0.388 e. The molecule has 1 aromatic carbocycles. The van der Waals surface area contributed by atoms with Crippen LogP contribution in [0.1, 0.15) is 10.9 Å². The maximum Gasteiger partial charge on any atom is 0.231 e. The summed E-state index contributed by atoms with van der Waals surface area (Å²) in [4.78, 5) is 11.0. The summed E-state index contributed by atoms with van der Waals surface area (Å²) < 4.78 is 0. The van der Waals surface area contributed by atoms with Crippen molar-refractivity contribution in [3.05, 3.63) is 29.8 Å². The molecule has 1 aromatic rings. The first-order chi connectivity index (χ1) is 6.79. The van der Waals surface area contributed by atoms with Crippen LogP contribution in [0.3, 0.4) is 0 Å². The standard InChI is InChI=1S/C10H12N2OS/c1-11-8-4-2-7(3-5-8)10-12-9(13)6-14-10/h2-5,10-11H,6H2,1H3,(H,12,13). The number of hydrogen-bond donors (Lipinski definition) is 2. The first-order valence-electron chi connectivity index (χ1n) is 4.48. The predicted octanol–water partition coefficient (Wildman–Crippen LogP) is 1.59.